The van der Waals surface area contributed by atoms with Gasteiger partial charge in [0.15, 0.2) is 5.65 Å². The van der Waals surface area contributed by atoms with Crippen LogP contribution < -0.4 is 0 Å². The number of halogens is 2. The van der Waals surface area contributed by atoms with Gasteiger partial charge in [0.2, 0.25) is 5.91 Å². The van der Waals surface area contributed by atoms with Gasteiger partial charge >= 0.3 is 0 Å². The number of pyridine rings is 1. The van der Waals surface area contributed by atoms with Crippen molar-refractivity contribution in [3.63, 3.8) is 0 Å². The van der Waals surface area contributed by atoms with Gasteiger partial charge in [0.1, 0.15) is 11.3 Å². The van der Waals surface area contributed by atoms with Crippen LogP contribution in [0.15, 0.2) is 12.3 Å². The van der Waals surface area contributed by atoms with Gasteiger partial charge in [-0.3, -0.25) is 4.79 Å². The minimum Gasteiger partial charge on any atom is -0.344 e. The largest absolute Gasteiger partial charge is 0.344 e. The molecule has 0 bridgehead atoms. The maximum atomic E-state index is 11.7. The molecule has 3 heterocycles. The number of carbonyl (C=O) groups is 1. The molecule has 1 unspecified atom stereocenters. The van der Waals surface area contributed by atoms with Crippen LogP contribution in [0.2, 0.25) is 5.02 Å². The van der Waals surface area contributed by atoms with Crippen molar-refractivity contribution < 1.29 is 4.79 Å². The van der Waals surface area contributed by atoms with Gasteiger partial charge in [-0.15, -0.1) is 11.6 Å². The second kappa shape index (κ2) is 5.81. The summed E-state index contributed by atoms with van der Waals surface area (Å²) in [7, 11) is 1.83. The molecule has 5 nitrogen and oxygen atoms in total. The van der Waals surface area contributed by atoms with E-state index in [1.165, 1.54) is 0 Å². The lowest BCUT2D eigenvalue weighted by atomic mass is 10.1. The summed E-state index contributed by atoms with van der Waals surface area (Å²) in [4.78, 5) is 22.5. The van der Waals surface area contributed by atoms with E-state index >= 15 is 0 Å². The fourth-order valence-corrected chi connectivity index (χ4v) is 3.17. The third-order valence-electron chi connectivity index (χ3n) is 3.85. The highest BCUT2D eigenvalue weighted by atomic mass is 35.5. The van der Waals surface area contributed by atoms with Crippen LogP contribution in [0.25, 0.3) is 11.2 Å². The van der Waals surface area contributed by atoms with Crippen LogP contribution in [-0.4, -0.2) is 44.8 Å². The number of amides is 1. The molecular weight excluding hydrogens is 311 g/mol. The average Bonchev–Trinajstić information content (AvgIpc) is 2.79. The van der Waals surface area contributed by atoms with Crippen molar-refractivity contribution >= 4 is 40.3 Å². The minimum absolute atomic E-state index is 0.185. The highest BCUT2D eigenvalue weighted by molar-refractivity contribution is 6.31. The number of hydrogen-bond donors (Lipinski definition) is 0. The van der Waals surface area contributed by atoms with Crippen molar-refractivity contribution in [3.8, 4) is 0 Å². The van der Waals surface area contributed by atoms with Gasteiger partial charge in [0.05, 0.1) is 11.1 Å². The number of aryl methyl sites for hydroxylation is 1. The number of likely N-dealkylation sites (N-methyl/N-ethyl adjacent to an activating group) is 1. The van der Waals surface area contributed by atoms with E-state index < -0.39 is 0 Å². The molecule has 2 aromatic rings. The molecule has 0 saturated carbocycles. The van der Waals surface area contributed by atoms with Gasteiger partial charge in [-0.1, -0.05) is 11.6 Å². The van der Waals surface area contributed by atoms with E-state index in [0.717, 1.165) is 23.4 Å². The lowest BCUT2D eigenvalue weighted by Crippen LogP contribution is -2.38. The molecule has 1 saturated heterocycles. The fourth-order valence-electron chi connectivity index (χ4n) is 2.85. The summed E-state index contributed by atoms with van der Waals surface area (Å²) in [5.41, 5.74) is 1.59. The lowest BCUT2D eigenvalue weighted by Gasteiger charge is -2.31. The zero-order valence-corrected chi connectivity index (χ0v) is 13.2. The number of imidazole rings is 1. The SMILES string of the molecule is CN1CC(n2c(CCCl)nc3cc(Cl)cnc32)CCC1=O. The van der Waals surface area contributed by atoms with Crippen molar-refractivity contribution in [2.45, 2.75) is 25.3 Å². The Labute approximate surface area is 132 Å². The number of rotatable bonds is 3. The molecule has 0 radical (unpaired) electrons. The molecule has 0 aromatic carbocycles. The van der Waals surface area contributed by atoms with Crippen LogP contribution in [0.5, 0.6) is 0 Å². The van der Waals surface area contributed by atoms with Gasteiger partial charge in [0.25, 0.3) is 0 Å². The summed E-state index contributed by atoms with van der Waals surface area (Å²) in [5, 5.41) is 0.570. The maximum absolute atomic E-state index is 11.7. The smallest absolute Gasteiger partial charge is 0.222 e. The molecule has 1 fully saturated rings. The average molecular weight is 327 g/mol. The molecule has 0 spiro atoms. The molecule has 7 heteroatoms. The quantitative estimate of drug-likeness (QED) is 0.815. The van der Waals surface area contributed by atoms with Crippen molar-refractivity contribution in [1.29, 1.82) is 0 Å². The Kier molecular flexibility index (Phi) is 4.04. The second-order valence-corrected chi connectivity index (χ2v) is 6.11. The van der Waals surface area contributed by atoms with Gasteiger partial charge in [-0.05, 0) is 12.5 Å². The van der Waals surface area contributed by atoms with E-state index in [1.807, 2.05) is 13.1 Å². The number of aromatic nitrogens is 3. The molecular formula is C14H16Cl2N4O. The predicted molar refractivity (Wildman–Crippen MR) is 82.9 cm³/mol. The molecule has 3 rings (SSSR count). The van der Waals surface area contributed by atoms with Crippen molar-refractivity contribution in [3.05, 3.63) is 23.1 Å². The lowest BCUT2D eigenvalue weighted by molar-refractivity contribution is -0.132. The Morgan fingerprint density at radius 2 is 2.29 bits per heavy atom. The third-order valence-corrected chi connectivity index (χ3v) is 4.25. The number of alkyl halides is 1. The predicted octanol–water partition coefficient (Wildman–Crippen LogP) is 2.66. The highest BCUT2D eigenvalue weighted by Gasteiger charge is 2.27. The molecule has 21 heavy (non-hydrogen) atoms. The zero-order chi connectivity index (χ0) is 15.0. The van der Waals surface area contributed by atoms with Crippen molar-refractivity contribution in [2.24, 2.45) is 0 Å². The standard InChI is InChI=1S/C14H16Cl2N4O/c1-19-8-10(2-3-13(19)21)20-12(4-5-15)18-11-6-9(16)7-17-14(11)20/h6-7,10H,2-5,8H2,1H3. The number of fused-ring (bicyclic) bond motifs is 1. The number of carbonyl (C=O) groups excluding carboxylic acids is 1. The molecule has 0 aliphatic carbocycles. The highest BCUT2D eigenvalue weighted by Crippen LogP contribution is 2.28. The second-order valence-electron chi connectivity index (χ2n) is 5.30. The van der Waals surface area contributed by atoms with Crippen LogP contribution in [0.1, 0.15) is 24.7 Å². The number of nitrogens with zero attached hydrogens (tertiary/aromatic N) is 4. The van der Waals surface area contributed by atoms with Gasteiger partial charge in [-0.25, -0.2) is 9.97 Å². The Morgan fingerprint density at radius 1 is 1.48 bits per heavy atom. The van der Waals surface area contributed by atoms with E-state index in [9.17, 15) is 4.79 Å². The molecule has 1 amide bonds. The molecule has 112 valence electrons. The van der Waals surface area contributed by atoms with E-state index in [-0.39, 0.29) is 11.9 Å². The van der Waals surface area contributed by atoms with Crippen LogP contribution in [0.4, 0.5) is 0 Å². The summed E-state index contributed by atoms with van der Waals surface area (Å²) < 4.78 is 2.12. The zero-order valence-electron chi connectivity index (χ0n) is 11.7. The molecule has 1 atom stereocenters. The fraction of sp³-hybridized carbons (Fsp3) is 0.500. The van der Waals surface area contributed by atoms with E-state index in [2.05, 4.69) is 14.5 Å². The van der Waals surface area contributed by atoms with Crippen LogP contribution >= 0.6 is 23.2 Å². The first-order valence-electron chi connectivity index (χ1n) is 6.92. The van der Waals surface area contributed by atoms with E-state index in [4.69, 9.17) is 23.2 Å². The van der Waals surface area contributed by atoms with Gasteiger partial charge in [0, 0.05) is 38.5 Å². The van der Waals surface area contributed by atoms with E-state index in [0.29, 0.717) is 30.3 Å². The normalized spacial score (nSPS) is 19.5. The van der Waals surface area contributed by atoms with Crippen LogP contribution in [0.3, 0.4) is 0 Å². The summed E-state index contributed by atoms with van der Waals surface area (Å²) in [5.74, 6) is 1.59. The first kappa shape index (κ1) is 14.6. The summed E-state index contributed by atoms with van der Waals surface area (Å²) in [6.45, 7) is 0.671. The minimum atomic E-state index is 0.185. The Balaban J connectivity index is 2.06. The molecule has 1 aliphatic rings. The van der Waals surface area contributed by atoms with E-state index in [1.54, 1.807) is 11.1 Å². The summed E-state index contributed by atoms with van der Waals surface area (Å²) >= 11 is 11.9. The van der Waals surface area contributed by atoms with Gasteiger partial charge in [-0.2, -0.15) is 0 Å². The number of piperidine rings is 1. The topological polar surface area (TPSA) is 51.0 Å². The summed E-state index contributed by atoms with van der Waals surface area (Å²) in [6, 6.07) is 2.00. The first-order valence-corrected chi connectivity index (χ1v) is 7.83. The summed E-state index contributed by atoms with van der Waals surface area (Å²) in [6.07, 6.45) is 3.65. The monoisotopic (exact) mass is 326 g/mol. The third kappa shape index (κ3) is 2.72. The van der Waals surface area contributed by atoms with Crippen LogP contribution in [0, 0.1) is 0 Å². The Morgan fingerprint density at radius 3 is 3.00 bits per heavy atom. The van der Waals surface area contributed by atoms with Gasteiger partial charge < -0.3 is 9.47 Å². The molecule has 0 N–H and O–H groups in total. The maximum Gasteiger partial charge on any atom is 0.222 e. The van der Waals surface area contributed by atoms with Crippen molar-refractivity contribution in [2.75, 3.05) is 19.5 Å². The molecule has 2 aromatic heterocycles. The molecule has 1 aliphatic heterocycles. The number of hydrogen-bond acceptors (Lipinski definition) is 3. The number of likely N-dealkylation sites (tertiary alicyclic amines) is 1. The Hall–Kier alpha value is -1.33. The first-order chi connectivity index (χ1) is 10.1. The van der Waals surface area contributed by atoms with Crippen LogP contribution in [-0.2, 0) is 11.2 Å². The Bertz CT molecular complexity index is 685. The van der Waals surface area contributed by atoms with Crippen molar-refractivity contribution in [1.82, 2.24) is 19.4 Å².